The number of halogens is 1. The quantitative estimate of drug-likeness (QED) is 0.832. The van der Waals surface area contributed by atoms with Crippen LogP contribution in [0, 0.1) is 12.7 Å². The summed E-state index contributed by atoms with van der Waals surface area (Å²) in [5.41, 5.74) is 12.0. The standard InChI is InChI=1S/C14H13FN2O2/c1-8-2-3-9(15)6-13(8)19-10-4-5-12(16)11(7-10)14(17)18/h2-7H,16H2,1H3,(H2,17,18). The molecular formula is C14H13FN2O2. The van der Waals surface area contributed by atoms with Gasteiger partial charge in [-0.3, -0.25) is 4.79 Å². The number of anilines is 1. The number of aryl methyl sites for hydroxylation is 1. The summed E-state index contributed by atoms with van der Waals surface area (Å²) in [6, 6.07) is 8.77. The van der Waals surface area contributed by atoms with Crippen LogP contribution in [-0.2, 0) is 0 Å². The number of nitrogen functional groups attached to an aromatic ring is 1. The smallest absolute Gasteiger partial charge is 0.250 e. The summed E-state index contributed by atoms with van der Waals surface area (Å²) in [4.78, 5) is 11.2. The lowest BCUT2D eigenvalue weighted by Gasteiger charge is -2.10. The van der Waals surface area contributed by atoms with Crippen LogP contribution < -0.4 is 16.2 Å². The molecule has 0 bridgehead atoms. The molecule has 0 saturated heterocycles. The van der Waals surface area contributed by atoms with E-state index in [1.54, 1.807) is 19.1 Å². The number of nitrogens with two attached hydrogens (primary N) is 2. The van der Waals surface area contributed by atoms with Crippen molar-refractivity contribution in [2.75, 3.05) is 5.73 Å². The Morgan fingerprint density at radius 3 is 2.63 bits per heavy atom. The molecule has 4 nitrogen and oxygen atoms in total. The molecule has 5 heteroatoms. The van der Waals surface area contributed by atoms with Crippen molar-refractivity contribution in [1.29, 1.82) is 0 Å². The Balaban J connectivity index is 2.36. The molecular weight excluding hydrogens is 247 g/mol. The molecule has 98 valence electrons. The summed E-state index contributed by atoms with van der Waals surface area (Å²) in [6.45, 7) is 1.79. The first-order valence-electron chi connectivity index (χ1n) is 5.60. The van der Waals surface area contributed by atoms with Crippen LogP contribution in [0.15, 0.2) is 36.4 Å². The average Bonchev–Trinajstić information content (AvgIpc) is 2.36. The molecule has 0 aliphatic carbocycles. The van der Waals surface area contributed by atoms with Crippen molar-refractivity contribution < 1.29 is 13.9 Å². The van der Waals surface area contributed by atoms with Gasteiger partial charge in [-0.05, 0) is 36.8 Å². The first-order valence-corrected chi connectivity index (χ1v) is 5.60. The molecule has 2 rings (SSSR count). The lowest BCUT2D eigenvalue weighted by Crippen LogP contribution is -2.13. The van der Waals surface area contributed by atoms with Gasteiger partial charge in [-0.1, -0.05) is 6.07 Å². The predicted molar refractivity (Wildman–Crippen MR) is 70.6 cm³/mol. The van der Waals surface area contributed by atoms with Crippen molar-refractivity contribution in [3.8, 4) is 11.5 Å². The van der Waals surface area contributed by atoms with Crippen LogP contribution in [0.2, 0.25) is 0 Å². The minimum absolute atomic E-state index is 0.173. The van der Waals surface area contributed by atoms with Crippen LogP contribution in [0.25, 0.3) is 0 Å². The van der Waals surface area contributed by atoms with Gasteiger partial charge in [-0.25, -0.2) is 4.39 Å². The summed E-state index contributed by atoms with van der Waals surface area (Å²) in [7, 11) is 0. The monoisotopic (exact) mass is 260 g/mol. The highest BCUT2D eigenvalue weighted by atomic mass is 19.1. The van der Waals surface area contributed by atoms with Crippen LogP contribution >= 0.6 is 0 Å². The van der Waals surface area contributed by atoms with Crippen LogP contribution in [0.5, 0.6) is 11.5 Å². The molecule has 0 aromatic heterocycles. The summed E-state index contributed by atoms with van der Waals surface area (Å²) in [5, 5.41) is 0. The number of benzene rings is 2. The zero-order valence-corrected chi connectivity index (χ0v) is 10.3. The fraction of sp³-hybridized carbons (Fsp3) is 0.0714. The second-order valence-corrected chi connectivity index (χ2v) is 4.13. The Morgan fingerprint density at radius 1 is 1.21 bits per heavy atom. The second kappa shape index (κ2) is 4.97. The molecule has 1 amide bonds. The number of carbonyl (C=O) groups excluding carboxylic acids is 1. The second-order valence-electron chi connectivity index (χ2n) is 4.13. The predicted octanol–water partition coefficient (Wildman–Crippen LogP) is 2.61. The molecule has 0 heterocycles. The largest absolute Gasteiger partial charge is 0.457 e. The topological polar surface area (TPSA) is 78.3 Å². The van der Waals surface area contributed by atoms with Gasteiger partial charge in [0, 0.05) is 11.8 Å². The van der Waals surface area contributed by atoms with Gasteiger partial charge in [0.15, 0.2) is 0 Å². The molecule has 19 heavy (non-hydrogen) atoms. The van der Waals surface area contributed by atoms with E-state index in [1.165, 1.54) is 24.3 Å². The Kier molecular flexibility index (Phi) is 3.37. The van der Waals surface area contributed by atoms with E-state index < -0.39 is 11.7 Å². The maximum Gasteiger partial charge on any atom is 0.250 e. The zero-order chi connectivity index (χ0) is 14.0. The van der Waals surface area contributed by atoms with Gasteiger partial charge in [-0.2, -0.15) is 0 Å². The van der Waals surface area contributed by atoms with Gasteiger partial charge >= 0.3 is 0 Å². The van der Waals surface area contributed by atoms with Crippen LogP contribution in [-0.4, -0.2) is 5.91 Å². The highest BCUT2D eigenvalue weighted by Gasteiger charge is 2.09. The molecule has 0 fully saturated rings. The van der Waals surface area contributed by atoms with Crippen LogP contribution in [0.1, 0.15) is 15.9 Å². The minimum Gasteiger partial charge on any atom is -0.457 e. The summed E-state index contributed by atoms with van der Waals surface area (Å²) >= 11 is 0. The average molecular weight is 260 g/mol. The van der Waals surface area contributed by atoms with Crippen molar-refractivity contribution in [1.82, 2.24) is 0 Å². The fourth-order valence-electron chi connectivity index (χ4n) is 1.62. The van der Waals surface area contributed by atoms with E-state index in [1.807, 2.05) is 0 Å². The van der Waals surface area contributed by atoms with Gasteiger partial charge in [0.05, 0.1) is 5.56 Å². The third-order valence-corrected chi connectivity index (χ3v) is 2.67. The van der Waals surface area contributed by atoms with Crippen molar-refractivity contribution in [3.63, 3.8) is 0 Å². The van der Waals surface area contributed by atoms with E-state index >= 15 is 0 Å². The number of carbonyl (C=O) groups is 1. The van der Waals surface area contributed by atoms with Crippen molar-refractivity contribution in [2.24, 2.45) is 5.73 Å². The number of hydrogen-bond acceptors (Lipinski definition) is 3. The Morgan fingerprint density at radius 2 is 1.95 bits per heavy atom. The molecule has 0 aliphatic rings. The number of amides is 1. The van der Waals surface area contributed by atoms with E-state index in [-0.39, 0.29) is 11.3 Å². The van der Waals surface area contributed by atoms with E-state index in [4.69, 9.17) is 16.2 Å². The number of rotatable bonds is 3. The summed E-state index contributed by atoms with van der Waals surface area (Å²) in [6.07, 6.45) is 0. The molecule has 2 aromatic rings. The van der Waals surface area contributed by atoms with Crippen molar-refractivity contribution in [2.45, 2.75) is 6.92 Å². The van der Waals surface area contributed by atoms with E-state index in [2.05, 4.69) is 0 Å². The first-order chi connectivity index (χ1) is 8.97. The maximum absolute atomic E-state index is 13.1. The van der Waals surface area contributed by atoms with Crippen LogP contribution in [0.3, 0.4) is 0 Å². The highest BCUT2D eigenvalue weighted by molar-refractivity contribution is 5.98. The lowest BCUT2D eigenvalue weighted by molar-refractivity contribution is 0.100. The normalized spacial score (nSPS) is 10.2. The molecule has 2 aromatic carbocycles. The molecule has 0 unspecified atom stereocenters. The minimum atomic E-state index is -0.640. The number of primary amides is 1. The molecule has 0 radical (unpaired) electrons. The lowest BCUT2D eigenvalue weighted by atomic mass is 10.1. The van der Waals surface area contributed by atoms with Gasteiger partial charge in [0.2, 0.25) is 0 Å². The first kappa shape index (κ1) is 12.9. The van der Waals surface area contributed by atoms with Gasteiger partial charge in [0.25, 0.3) is 5.91 Å². The molecule has 0 saturated carbocycles. The molecule has 0 spiro atoms. The Hall–Kier alpha value is -2.56. The summed E-state index contributed by atoms with van der Waals surface area (Å²) < 4.78 is 18.7. The third kappa shape index (κ3) is 2.82. The van der Waals surface area contributed by atoms with E-state index in [0.717, 1.165) is 5.56 Å². The number of ether oxygens (including phenoxy) is 1. The van der Waals surface area contributed by atoms with E-state index in [9.17, 15) is 9.18 Å². The highest BCUT2D eigenvalue weighted by Crippen LogP contribution is 2.28. The van der Waals surface area contributed by atoms with Gasteiger partial charge in [-0.15, -0.1) is 0 Å². The Labute approximate surface area is 109 Å². The fourth-order valence-corrected chi connectivity index (χ4v) is 1.62. The zero-order valence-electron chi connectivity index (χ0n) is 10.3. The SMILES string of the molecule is Cc1ccc(F)cc1Oc1ccc(N)c(C(N)=O)c1. The number of hydrogen-bond donors (Lipinski definition) is 2. The van der Waals surface area contributed by atoms with Crippen LogP contribution in [0.4, 0.5) is 10.1 Å². The molecule has 0 atom stereocenters. The van der Waals surface area contributed by atoms with Gasteiger partial charge < -0.3 is 16.2 Å². The molecule has 4 N–H and O–H groups in total. The Bertz CT molecular complexity index is 641. The van der Waals surface area contributed by atoms with Crippen molar-refractivity contribution >= 4 is 11.6 Å². The summed E-state index contributed by atoms with van der Waals surface area (Å²) in [5.74, 6) is -0.290. The van der Waals surface area contributed by atoms with Gasteiger partial charge in [0.1, 0.15) is 17.3 Å². The van der Waals surface area contributed by atoms with Crippen molar-refractivity contribution in [3.05, 3.63) is 53.3 Å². The maximum atomic E-state index is 13.1. The third-order valence-electron chi connectivity index (χ3n) is 2.67. The molecule has 0 aliphatic heterocycles. The van der Waals surface area contributed by atoms with E-state index in [0.29, 0.717) is 11.5 Å².